The molecule has 2 rings (SSSR count). The van der Waals surface area contributed by atoms with Crippen molar-refractivity contribution in [1.82, 2.24) is 9.97 Å². The number of hydrogen-bond donors (Lipinski definition) is 2. The van der Waals surface area contributed by atoms with Gasteiger partial charge < -0.3 is 9.47 Å². The second kappa shape index (κ2) is 8.20. The van der Waals surface area contributed by atoms with E-state index >= 15 is 0 Å². The lowest BCUT2D eigenvalue weighted by molar-refractivity contribution is 0.110. The van der Waals surface area contributed by atoms with Crippen LogP contribution in [0, 0.1) is 0 Å². The number of carbonyl (C=O) groups is 2. The second-order valence-electron chi connectivity index (χ2n) is 4.01. The molecule has 0 aromatic carbocycles. The Morgan fingerprint density at radius 1 is 0.864 bits per heavy atom. The summed E-state index contributed by atoms with van der Waals surface area (Å²) in [5.41, 5.74) is 1.03. The van der Waals surface area contributed by atoms with Crippen molar-refractivity contribution >= 4 is 23.6 Å². The molecular weight excluding hydrogens is 288 g/mol. The Morgan fingerprint density at radius 2 is 1.32 bits per heavy atom. The number of amides is 2. The van der Waals surface area contributed by atoms with Crippen LogP contribution in [0.1, 0.15) is 0 Å². The van der Waals surface area contributed by atoms with Crippen molar-refractivity contribution in [2.24, 2.45) is 0 Å². The average Bonchev–Trinajstić information content (AvgIpc) is 2.53. The van der Waals surface area contributed by atoms with Gasteiger partial charge in [-0.1, -0.05) is 0 Å². The molecule has 0 aliphatic rings. The minimum atomic E-state index is -0.649. The van der Waals surface area contributed by atoms with Gasteiger partial charge in [0.1, 0.15) is 13.2 Å². The predicted octanol–water partition coefficient (Wildman–Crippen LogP) is 2.27. The van der Waals surface area contributed by atoms with E-state index in [1.807, 2.05) is 0 Å². The van der Waals surface area contributed by atoms with Crippen molar-refractivity contribution in [2.45, 2.75) is 0 Å². The molecule has 0 unspecified atom stereocenters. The molecule has 0 aliphatic heterocycles. The Bertz CT molecular complexity index is 551. The summed E-state index contributed by atoms with van der Waals surface area (Å²) >= 11 is 0. The van der Waals surface area contributed by atoms with E-state index in [0.29, 0.717) is 11.4 Å². The highest BCUT2D eigenvalue weighted by molar-refractivity contribution is 5.85. The minimum absolute atomic E-state index is 0.0629. The molecule has 0 atom stereocenters. The molecule has 2 aromatic heterocycles. The minimum Gasteiger partial charge on any atom is -0.446 e. The van der Waals surface area contributed by atoms with Crippen LogP contribution in [0.4, 0.5) is 21.0 Å². The number of nitrogens with one attached hydrogen (secondary N) is 2. The molecular formula is C14H14N4O4. The monoisotopic (exact) mass is 302 g/mol. The largest absolute Gasteiger partial charge is 0.446 e. The summed E-state index contributed by atoms with van der Waals surface area (Å²) < 4.78 is 9.70. The van der Waals surface area contributed by atoms with Gasteiger partial charge in [0.05, 0.1) is 23.8 Å². The van der Waals surface area contributed by atoms with E-state index < -0.39 is 12.2 Å². The van der Waals surface area contributed by atoms with Crippen LogP contribution in [-0.4, -0.2) is 35.4 Å². The molecule has 8 heteroatoms. The van der Waals surface area contributed by atoms with Crippen molar-refractivity contribution in [3.63, 3.8) is 0 Å². The van der Waals surface area contributed by atoms with Crippen LogP contribution >= 0.6 is 0 Å². The Balaban J connectivity index is 1.60. The van der Waals surface area contributed by atoms with Crippen LogP contribution < -0.4 is 10.6 Å². The lowest BCUT2D eigenvalue weighted by atomic mass is 10.4. The van der Waals surface area contributed by atoms with E-state index in [-0.39, 0.29) is 13.2 Å². The van der Waals surface area contributed by atoms with Gasteiger partial charge in [0.15, 0.2) is 0 Å². The number of carbonyl (C=O) groups excluding carboxylic acids is 2. The lowest BCUT2D eigenvalue weighted by Gasteiger charge is -2.08. The first kappa shape index (κ1) is 15.2. The van der Waals surface area contributed by atoms with Crippen LogP contribution in [0.3, 0.4) is 0 Å². The lowest BCUT2D eigenvalue weighted by Crippen LogP contribution is -2.20. The number of nitrogens with zero attached hydrogens (tertiary/aromatic N) is 2. The van der Waals surface area contributed by atoms with Gasteiger partial charge in [-0.15, -0.1) is 0 Å². The average molecular weight is 302 g/mol. The van der Waals surface area contributed by atoms with E-state index in [9.17, 15) is 9.59 Å². The van der Waals surface area contributed by atoms with E-state index in [0.717, 1.165) is 0 Å². The third kappa shape index (κ3) is 5.45. The second-order valence-corrected chi connectivity index (χ2v) is 4.01. The standard InChI is InChI=1S/C14H14N4O4/c19-13(17-11-3-1-5-15-9-11)21-7-8-22-14(20)18-12-4-2-6-16-10-12/h1-6,9-10H,7-8H2,(H,17,19)(H,18,20). The number of anilines is 2. The molecule has 0 aliphatic carbocycles. The molecule has 0 fully saturated rings. The van der Waals surface area contributed by atoms with Crippen molar-refractivity contribution < 1.29 is 19.1 Å². The highest BCUT2D eigenvalue weighted by Crippen LogP contribution is 2.04. The highest BCUT2D eigenvalue weighted by atomic mass is 16.6. The summed E-state index contributed by atoms with van der Waals surface area (Å²) in [6, 6.07) is 6.71. The van der Waals surface area contributed by atoms with Gasteiger partial charge in [-0.2, -0.15) is 0 Å². The maximum Gasteiger partial charge on any atom is 0.411 e. The number of pyridine rings is 2. The Kier molecular flexibility index (Phi) is 5.68. The fraction of sp³-hybridized carbons (Fsp3) is 0.143. The number of aromatic nitrogens is 2. The first-order valence-corrected chi connectivity index (χ1v) is 6.41. The smallest absolute Gasteiger partial charge is 0.411 e. The molecule has 2 heterocycles. The molecule has 2 aromatic rings. The van der Waals surface area contributed by atoms with Gasteiger partial charge in [0.25, 0.3) is 0 Å². The molecule has 0 saturated heterocycles. The van der Waals surface area contributed by atoms with Crippen LogP contribution in [-0.2, 0) is 9.47 Å². The quantitative estimate of drug-likeness (QED) is 0.821. The van der Waals surface area contributed by atoms with Crippen LogP contribution in [0.5, 0.6) is 0 Å². The van der Waals surface area contributed by atoms with Crippen LogP contribution in [0.15, 0.2) is 49.1 Å². The zero-order valence-corrected chi connectivity index (χ0v) is 11.6. The van der Waals surface area contributed by atoms with Crippen molar-refractivity contribution in [3.05, 3.63) is 49.1 Å². The SMILES string of the molecule is O=C(Nc1cccnc1)OCCOC(=O)Nc1cccnc1. The van der Waals surface area contributed by atoms with Crippen molar-refractivity contribution in [3.8, 4) is 0 Å². The van der Waals surface area contributed by atoms with Gasteiger partial charge in [0, 0.05) is 12.4 Å². The number of hydrogen-bond acceptors (Lipinski definition) is 6. The van der Waals surface area contributed by atoms with E-state index in [1.54, 1.807) is 36.7 Å². The molecule has 22 heavy (non-hydrogen) atoms. The topological polar surface area (TPSA) is 102 Å². The summed E-state index contributed by atoms with van der Waals surface area (Å²) in [6.07, 6.45) is 4.85. The molecule has 0 saturated carbocycles. The van der Waals surface area contributed by atoms with Gasteiger partial charge in [0.2, 0.25) is 0 Å². The zero-order valence-electron chi connectivity index (χ0n) is 11.6. The highest BCUT2D eigenvalue weighted by Gasteiger charge is 2.05. The Labute approximate surface area is 126 Å². The summed E-state index contributed by atoms with van der Waals surface area (Å²) in [5, 5.41) is 4.96. The van der Waals surface area contributed by atoms with Gasteiger partial charge in [-0.3, -0.25) is 20.6 Å². The third-order valence-corrected chi connectivity index (χ3v) is 2.37. The van der Waals surface area contributed by atoms with E-state index in [4.69, 9.17) is 9.47 Å². The molecule has 8 nitrogen and oxygen atoms in total. The fourth-order valence-corrected chi connectivity index (χ4v) is 1.45. The fourth-order valence-electron chi connectivity index (χ4n) is 1.45. The molecule has 0 bridgehead atoms. The summed E-state index contributed by atoms with van der Waals surface area (Å²) in [7, 11) is 0. The Morgan fingerprint density at radius 3 is 1.68 bits per heavy atom. The molecule has 0 spiro atoms. The molecule has 2 N–H and O–H groups in total. The summed E-state index contributed by atoms with van der Waals surface area (Å²) in [4.78, 5) is 30.5. The van der Waals surface area contributed by atoms with Crippen LogP contribution in [0.2, 0.25) is 0 Å². The first-order chi connectivity index (χ1) is 10.7. The number of ether oxygens (including phenoxy) is 2. The van der Waals surface area contributed by atoms with E-state index in [2.05, 4.69) is 20.6 Å². The zero-order chi connectivity index (χ0) is 15.6. The molecule has 114 valence electrons. The first-order valence-electron chi connectivity index (χ1n) is 6.41. The van der Waals surface area contributed by atoms with Crippen molar-refractivity contribution in [1.29, 1.82) is 0 Å². The molecule has 0 radical (unpaired) electrons. The number of rotatable bonds is 5. The van der Waals surface area contributed by atoms with Gasteiger partial charge in [-0.05, 0) is 24.3 Å². The summed E-state index contributed by atoms with van der Waals surface area (Å²) in [6.45, 7) is -0.126. The van der Waals surface area contributed by atoms with Gasteiger partial charge >= 0.3 is 12.2 Å². The maximum atomic E-state index is 11.4. The Hall–Kier alpha value is -3.16. The molecule has 2 amide bonds. The van der Waals surface area contributed by atoms with Crippen molar-refractivity contribution in [2.75, 3.05) is 23.8 Å². The maximum absolute atomic E-state index is 11.4. The van der Waals surface area contributed by atoms with Gasteiger partial charge in [-0.25, -0.2) is 9.59 Å². The third-order valence-electron chi connectivity index (χ3n) is 2.37. The van der Waals surface area contributed by atoms with Crippen LogP contribution in [0.25, 0.3) is 0 Å². The predicted molar refractivity (Wildman–Crippen MR) is 78.4 cm³/mol. The summed E-state index contributed by atoms with van der Waals surface area (Å²) in [5.74, 6) is 0. The van der Waals surface area contributed by atoms with E-state index in [1.165, 1.54) is 12.4 Å². The normalized spacial score (nSPS) is 9.64.